The molecule has 11 heteroatoms. The zero-order valence-corrected chi connectivity index (χ0v) is 31.0. The molecule has 2 heterocycles. The number of aromatic nitrogens is 2. The maximum absolute atomic E-state index is 13.6. The van der Waals surface area contributed by atoms with E-state index in [1.54, 1.807) is 12.1 Å². The lowest BCUT2D eigenvalue weighted by Gasteiger charge is -2.41. The summed E-state index contributed by atoms with van der Waals surface area (Å²) in [6.45, 7) is 4.75. The van der Waals surface area contributed by atoms with Crippen LogP contribution < -0.4 is 10.0 Å². The van der Waals surface area contributed by atoms with E-state index in [0.29, 0.717) is 6.54 Å². The number of carbonyl (C=O) groups excluding carboxylic acids is 1. The molecule has 0 spiro atoms. The van der Waals surface area contributed by atoms with Gasteiger partial charge in [-0.3, -0.25) is 4.79 Å². The molecule has 1 fully saturated rings. The third kappa shape index (κ3) is 8.62. The van der Waals surface area contributed by atoms with Crippen LogP contribution in [-0.4, -0.2) is 41.1 Å². The quantitative estimate of drug-likeness (QED) is 0.123. The Morgan fingerprint density at radius 1 is 0.815 bits per heavy atom. The van der Waals surface area contributed by atoms with Crippen molar-refractivity contribution in [3.8, 4) is 0 Å². The number of imidazole rings is 1. The molecule has 5 atom stereocenters. The highest BCUT2D eigenvalue weighted by atomic mass is 32.2. The summed E-state index contributed by atoms with van der Waals surface area (Å²) < 4.78 is 44.7. The predicted octanol–water partition coefficient (Wildman–Crippen LogP) is 6.53. The van der Waals surface area contributed by atoms with Gasteiger partial charge in [-0.25, -0.2) is 13.4 Å². The smallest absolute Gasteiger partial charge is 0.241 e. The molecule has 278 valence electrons. The largest absolute Gasteiger partial charge is 0.392 e. The van der Waals surface area contributed by atoms with E-state index in [-0.39, 0.29) is 42.6 Å². The number of carbonyl (C=O) groups is 1. The standard InChI is InChI=1S/C43H44N4O6S/c1-29-12-22-36(23-13-29)54(50,51)46-38(24-31-8-4-3-5-9-31)42(49)44-25-32-14-20-35(21-15-32)43-52-40(26-47-28-45-37-10-6-7-11-39(37)47)30(2)41(53-43)34-18-16-33(27-48)17-19-34/h3-23,28,30,38,40-41,43,46,48H,24-27H2,1-2H3,(H,44,49)/t30-,38-,40+,41+,43+/m1/s1. The normalized spacial score (nSPS) is 19.4. The van der Waals surface area contributed by atoms with E-state index in [1.807, 2.05) is 110 Å². The highest BCUT2D eigenvalue weighted by Gasteiger charge is 2.38. The lowest BCUT2D eigenvalue weighted by Crippen LogP contribution is -2.47. The average Bonchev–Trinajstić information content (AvgIpc) is 3.60. The first-order valence-electron chi connectivity index (χ1n) is 18.1. The monoisotopic (exact) mass is 744 g/mol. The van der Waals surface area contributed by atoms with Gasteiger partial charge in [-0.2, -0.15) is 4.72 Å². The summed E-state index contributed by atoms with van der Waals surface area (Å²) >= 11 is 0. The number of fused-ring (bicyclic) bond motifs is 1. The van der Waals surface area contributed by atoms with Crippen molar-refractivity contribution in [1.82, 2.24) is 19.6 Å². The lowest BCUT2D eigenvalue weighted by atomic mass is 9.90. The second-order valence-corrected chi connectivity index (χ2v) is 15.6. The van der Waals surface area contributed by atoms with Crippen molar-refractivity contribution in [3.63, 3.8) is 0 Å². The van der Waals surface area contributed by atoms with Gasteiger partial charge in [0.2, 0.25) is 15.9 Å². The van der Waals surface area contributed by atoms with E-state index in [2.05, 4.69) is 32.6 Å². The lowest BCUT2D eigenvalue weighted by molar-refractivity contribution is -0.276. The summed E-state index contributed by atoms with van der Waals surface area (Å²) in [5.74, 6) is -0.444. The number of hydrogen-bond donors (Lipinski definition) is 3. The summed E-state index contributed by atoms with van der Waals surface area (Å²) in [5, 5.41) is 12.6. The number of ether oxygens (including phenoxy) is 2. The van der Waals surface area contributed by atoms with Crippen LogP contribution in [0.25, 0.3) is 11.0 Å². The molecule has 0 saturated carbocycles. The number of rotatable bonds is 13. The van der Waals surface area contributed by atoms with Crippen molar-refractivity contribution < 1.29 is 27.8 Å². The van der Waals surface area contributed by atoms with Gasteiger partial charge in [0.1, 0.15) is 6.04 Å². The molecule has 6 aromatic rings. The van der Waals surface area contributed by atoms with Crippen molar-refractivity contribution in [2.45, 2.75) is 69.4 Å². The zero-order valence-electron chi connectivity index (χ0n) is 30.2. The van der Waals surface area contributed by atoms with Crippen LogP contribution in [-0.2, 0) is 50.4 Å². The highest BCUT2D eigenvalue weighted by molar-refractivity contribution is 7.89. The molecule has 0 aliphatic carbocycles. The van der Waals surface area contributed by atoms with Gasteiger partial charge in [0.05, 0.1) is 47.6 Å². The van der Waals surface area contributed by atoms with Crippen LogP contribution in [0.1, 0.15) is 52.7 Å². The Balaban J connectivity index is 1.07. The van der Waals surface area contributed by atoms with Crippen LogP contribution >= 0.6 is 0 Å². The Morgan fingerprint density at radius 3 is 2.20 bits per heavy atom. The van der Waals surface area contributed by atoms with Gasteiger partial charge in [0.25, 0.3) is 0 Å². The molecule has 10 nitrogen and oxygen atoms in total. The molecule has 3 N–H and O–H groups in total. The molecule has 7 rings (SSSR count). The van der Waals surface area contributed by atoms with Gasteiger partial charge in [0, 0.05) is 18.0 Å². The van der Waals surface area contributed by atoms with Gasteiger partial charge in [-0.05, 0) is 59.9 Å². The molecule has 54 heavy (non-hydrogen) atoms. The average molecular weight is 745 g/mol. The predicted molar refractivity (Wildman–Crippen MR) is 206 cm³/mol. The van der Waals surface area contributed by atoms with Gasteiger partial charge in [-0.15, -0.1) is 0 Å². The van der Waals surface area contributed by atoms with Gasteiger partial charge < -0.3 is 24.5 Å². The Morgan fingerprint density at radius 2 is 1.48 bits per heavy atom. The van der Waals surface area contributed by atoms with Gasteiger partial charge in [-0.1, -0.05) is 116 Å². The zero-order chi connectivity index (χ0) is 37.7. The Kier molecular flexibility index (Phi) is 11.3. The number of aryl methyl sites for hydroxylation is 1. The minimum absolute atomic E-state index is 0.0101. The van der Waals surface area contributed by atoms with Crippen molar-refractivity contribution in [2.24, 2.45) is 5.92 Å². The molecule has 1 aromatic heterocycles. The molecule has 0 unspecified atom stereocenters. The maximum atomic E-state index is 13.6. The van der Waals surface area contributed by atoms with Crippen molar-refractivity contribution in [3.05, 3.63) is 167 Å². The molecule has 1 saturated heterocycles. The fraction of sp³-hybridized carbons (Fsp3) is 0.256. The summed E-state index contributed by atoms with van der Waals surface area (Å²) in [6, 6.07) is 38.3. The minimum Gasteiger partial charge on any atom is -0.392 e. The number of nitrogens with zero attached hydrogens (tertiary/aromatic N) is 2. The minimum atomic E-state index is -3.96. The number of aliphatic hydroxyl groups excluding tert-OH is 1. The van der Waals surface area contributed by atoms with E-state index in [0.717, 1.165) is 44.4 Å². The van der Waals surface area contributed by atoms with Crippen LogP contribution in [0.5, 0.6) is 0 Å². The topological polar surface area (TPSA) is 132 Å². The van der Waals surface area contributed by atoms with Crippen LogP contribution in [0.4, 0.5) is 0 Å². The fourth-order valence-corrected chi connectivity index (χ4v) is 7.99. The second kappa shape index (κ2) is 16.5. The van der Waals surface area contributed by atoms with Crippen LogP contribution in [0.15, 0.2) is 139 Å². The maximum Gasteiger partial charge on any atom is 0.241 e. The van der Waals surface area contributed by atoms with Crippen LogP contribution in [0.3, 0.4) is 0 Å². The summed E-state index contributed by atoms with van der Waals surface area (Å²) in [4.78, 5) is 18.3. The van der Waals surface area contributed by atoms with E-state index < -0.39 is 28.3 Å². The number of nitrogens with one attached hydrogen (secondary N) is 2. The fourth-order valence-electron chi connectivity index (χ4n) is 6.79. The van der Waals surface area contributed by atoms with Crippen molar-refractivity contribution in [1.29, 1.82) is 0 Å². The van der Waals surface area contributed by atoms with Crippen molar-refractivity contribution in [2.75, 3.05) is 0 Å². The van der Waals surface area contributed by atoms with Crippen molar-refractivity contribution >= 4 is 27.0 Å². The number of benzene rings is 5. The molecule has 1 amide bonds. The first-order valence-corrected chi connectivity index (χ1v) is 19.5. The van der Waals surface area contributed by atoms with E-state index >= 15 is 0 Å². The molecule has 0 bridgehead atoms. The number of para-hydroxylation sites is 2. The highest BCUT2D eigenvalue weighted by Crippen LogP contribution is 2.42. The third-order valence-electron chi connectivity index (χ3n) is 9.97. The van der Waals surface area contributed by atoms with E-state index in [9.17, 15) is 18.3 Å². The third-order valence-corrected chi connectivity index (χ3v) is 11.5. The molecular formula is C43H44N4O6S. The SMILES string of the molecule is Cc1ccc(S(=O)(=O)N[C@H](Cc2ccccc2)C(=O)NCc2ccc([C@H]3O[C@@H](Cn4cnc5ccccc54)[C@@H](C)[C@@H](c4ccc(CO)cc4)O3)cc2)cc1. The molecule has 1 aliphatic heterocycles. The van der Waals surface area contributed by atoms with Crippen LogP contribution in [0.2, 0.25) is 0 Å². The number of hydrogen-bond acceptors (Lipinski definition) is 7. The van der Waals surface area contributed by atoms with Gasteiger partial charge >= 0.3 is 0 Å². The second-order valence-electron chi connectivity index (χ2n) is 13.8. The van der Waals surface area contributed by atoms with E-state index in [4.69, 9.17) is 9.47 Å². The number of aliphatic hydroxyl groups is 1. The molecule has 5 aromatic carbocycles. The molecule has 1 aliphatic rings. The summed E-state index contributed by atoms with van der Waals surface area (Å²) in [5.41, 5.74) is 7.19. The Labute approximate surface area is 315 Å². The van der Waals surface area contributed by atoms with Crippen LogP contribution in [0, 0.1) is 12.8 Å². The number of sulfonamides is 1. The molecular weight excluding hydrogens is 701 g/mol. The Hall–Kier alpha value is -5.17. The first kappa shape index (κ1) is 37.2. The first-order chi connectivity index (χ1) is 26.2. The number of amides is 1. The summed E-state index contributed by atoms with van der Waals surface area (Å²) in [6.07, 6.45) is 0.870. The molecule has 0 radical (unpaired) electrons. The van der Waals surface area contributed by atoms with Gasteiger partial charge in [0.15, 0.2) is 6.29 Å². The summed E-state index contributed by atoms with van der Waals surface area (Å²) in [7, 11) is -3.96. The van der Waals surface area contributed by atoms with E-state index in [1.165, 1.54) is 12.1 Å². The Bertz CT molecular complexity index is 2280.